The number of hydrogen-bond acceptors (Lipinski definition) is 3. The van der Waals surface area contributed by atoms with Crippen LogP contribution in [0, 0.1) is 13.8 Å². The van der Waals surface area contributed by atoms with Crippen LogP contribution in [0.5, 0.6) is 0 Å². The monoisotopic (exact) mass is 247 g/mol. The van der Waals surface area contributed by atoms with Crippen LogP contribution in [0.3, 0.4) is 0 Å². The summed E-state index contributed by atoms with van der Waals surface area (Å²) in [5.74, 6) is 0.796. The third-order valence-electron chi connectivity index (χ3n) is 2.62. The first kappa shape index (κ1) is 11.7. The number of hydrogen-bond donors (Lipinski definition) is 2. The number of nitrogens with zero attached hydrogens (tertiary/aromatic N) is 1. The predicted octanol–water partition coefficient (Wildman–Crippen LogP) is 3.68. The van der Waals surface area contributed by atoms with Gasteiger partial charge in [0, 0.05) is 10.7 Å². The molecule has 0 unspecified atom stereocenters. The molecule has 2 rings (SSSR count). The highest BCUT2D eigenvalue weighted by atomic mass is 35.5. The highest BCUT2D eigenvalue weighted by Gasteiger charge is 2.05. The topological polar surface area (TPSA) is 50.9 Å². The van der Waals surface area contributed by atoms with Gasteiger partial charge in [0.2, 0.25) is 0 Å². The average molecular weight is 248 g/mol. The van der Waals surface area contributed by atoms with Gasteiger partial charge < -0.3 is 11.1 Å². The molecular formula is C13H14ClN3. The van der Waals surface area contributed by atoms with E-state index in [-0.39, 0.29) is 0 Å². The maximum atomic E-state index is 6.06. The van der Waals surface area contributed by atoms with E-state index in [2.05, 4.69) is 10.3 Å². The lowest BCUT2D eigenvalue weighted by Gasteiger charge is -2.12. The molecule has 4 heteroatoms. The lowest BCUT2D eigenvalue weighted by molar-refractivity contribution is 1.25. The number of nitrogens with one attached hydrogen (secondary N) is 1. The van der Waals surface area contributed by atoms with Crippen molar-refractivity contribution in [1.29, 1.82) is 0 Å². The fourth-order valence-electron chi connectivity index (χ4n) is 1.60. The van der Waals surface area contributed by atoms with E-state index < -0.39 is 0 Å². The van der Waals surface area contributed by atoms with Crippen molar-refractivity contribution < 1.29 is 0 Å². The largest absolute Gasteiger partial charge is 0.397 e. The summed E-state index contributed by atoms with van der Waals surface area (Å²) in [4.78, 5) is 4.26. The van der Waals surface area contributed by atoms with Crippen molar-refractivity contribution >= 4 is 28.8 Å². The van der Waals surface area contributed by atoms with Gasteiger partial charge in [-0.1, -0.05) is 17.7 Å². The molecule has 2 aromatic rings. The molecule has 0 atom stereocenters. The minimum Gasteiger partial charge on any atom is -0.397 e. The molecule has 17 heavy (non-hydrogen) atoms. The van der Waals surface area contributed by atoms with E-state index in [1.165, 1.54) is 0 Å². The van der Waals surface area contributed by atoms with E-state index in [1.807, 2.05) is 38.1 Å². The van der Waals surface area contributed by atoms with Crippen molar-refractivity contribution in [2.45, 2.75) is 13.8 Å². The molecule has 3 nitrogen and oxygen atoms in total. The minimum atomic E-state index is 0.663. The smallest absolute Gasteiger partial charge is 0.133 e. The van der Waals surface area contributed by atoms with Crippen LogP contribution >= 0.6 is 11.6 Å². The Morgan fingerprint density at radius 2 is 2.06 bits per heavy atom. The van der Waals surface area contributed by atoms with Gasteiger partial charge in [0.25, 0.3) is 0 Å². The van der Waals surface area contributed by atoms with Crippen molar-refractivity contribution in [1.82, 2.24) is 4.98 Å². The summed E-state index contributed by atoms with van der Waals surface area (Å²) in [5.41, 5.74) is 9.29. The normalized spacial score (nSPS) is 10.3. The number of nitrogen functional groups attached to an aromatic ring is 1. The average Bonchev–Trinajstić information content (AvgIpc) is 2.28. The van der Waals surface area contributed by atoms with Crippen LogP contribution in [0.2, 0.25) is 5.02 Å². The van der Waals surface area contributed by atoms with Gasteiger partial charge in [0.1, 0.15) is 5.82 Å². The number of pyridine rings is 1. The molecule has 1 heterocycles. The van der Waals surface area contributed by atoms with Crippen LogP contribution in [-0.4, -0.2) is 4.98 Å². The molecule has 0 radical (unpaired) electrons. The second kappa shape index (κ2) is 4.63. The second-order valence-electron chi connectivity index (χ2n) is 3.97. The highest BCUT2D eigenvalue weighted by molar-refractivity contribution is 6.31. The predicted molar refractivity (Wildman–Crippen MR) is 72.9 cm³/mol. The van der Waals surface area contributed by atoms with Crippen LogP contribution < -0.4 is 11.1 Å². The maximum absolute atomic E-state index is 6.06. The Balaban J connectivity index is 2.35. The van der Waals surface area contributed by atoms with E-state index >= 15 is 0 Å². The third-order valence-corrected chi connectivity index (χ3v) is 3.03. The fourth-order valence-corrected chi connectivity index (χ4v) is 1.77. The third kappa shape index (κ3) is 2.50. The van der Waals surface area contributed by atoms with Crippen LogP contribution in [0.15, 0.2) is 30.5 Å². The van der Waals surface area contributed by atoms with E-state index in [1.54, 1.807) is 6.20 Å². The zero-order valence-corrected chi connectivity index (χ0v) is 10.5. The van der Waals surface area contributed by atoms with Crippen molar-refractivity contribution in [2.24, 2.45) is 0 Å². The molecule has 88 valence electrons. The molecule has 3 N–H and O–H groups in total. The molecule has 0 spiro atoms. The molecule has 0 bridgehead atoms. The van der Waals surface area contributed by atoms with Gasteiger partial charge >= 0.3 is 0 Å². The number of rotatable bonds is 2. The lowest BCUT2D eigenvalue weighted by atomic mass is 10.2. The standard InChI is InChI=1S/C13H14ClN3/c1-8-6-10(15)7-16-13(8)17-12-5-3-4-11(14)9(12)2/h3-7H,15H2,1-2H3,(H,16,17). The van der Waals surface area contributed by atoms with Gasteiger partial charge in [0.15, 0.2) is 0 Å². The van der Waals surface area contributed by atoms with Crippen molar-refractivity contribution in [3.8, 4) is 0 Å². The summed E-state index contributed by atoms with van der Waals surface area (Å²) in [6, 6.07) is 7.63. The Hall–Kier alpha value is -1.74. The summed E-state index contributed by atoms with van der Waals surface area (Å²) in [6.07, 6.45) is 1.63. The number of benzene rings is 1. The molecule has 0 saturated carbocycles. The Labute approximate surface area is 106 Å². The molecule has 1 aromatic carbocycles. The first-order valence-electron chi connectivity index (χ1n) is 5.32. The molecule has 0 aliphatic carbocycles. The van der Waals surface area contributed by atoms with E-state index in [0.29, 0.717) is 5.69 Å². The van der Waals surface area contributed by atoms with E-state index in [4.69, 9.17) is 17.3 Å². The second-order valence-corrected chi connectivity index (χ2v) is 4.38. The van der Waals surface area contributed by atoms with Gasteiger partial charge in [-0.25, -0.2) is 4.98 Å². The van der Waals surface area contributed by atoms with Crippen LogP contribution in [0.25, 0.3) is 0 Å². The van der Waals surface area contributed by atoms with Gasteiger partial charge in [-0.2, -0.15) is 0 Å². The number of anilines is 3. The molecular weight excluding hydrogens is 234 g/mol. The Morgan fingerprint density at radius 1 is 1.29 bits per heavy atom. The highest BCUT2D eigenvalue weighted by Crippen LogP contribution is 2.26. The fraction of sp³-hybridized carbons (Fsp3) is 0.154. The number of halogens is 1. The molecule has 0 aliphatic heterocycles. The Bertz CT molecular complexity index is 552. The quantitative estimate of drug-likeness (QED) is 0.851. The van der Waals surface area contributed by atoms with Gasteiger partial charge in [0.05, 0.1) is 11.9 Å². The van der Waals surface area contributed by atoms with Crippen LogP contribution in [0.1, 0.15) is 11.1 Å². The Kier molecular flexibility index (Phi) is 3.20. The maximum Gasteiger partial charge on any atom is 0.133 e. The number of nitrogens with two attached hydrogens (primary N) is 1. The van der Waals surface area contributed by atoms with Crippen LogP contribution in [-0.2, 0) is 0 Å². The van der Waals surface area contributed by atoms with Crippen molar-refractivity contribution in [2.75, 3.05) is 11.1 Å². The summed E-state index contributed by atoms with van der Waals surface area (Å²) < 4.78 is 0. The van der Waals surface area contributed by atoms with Crippen LogP contribution in [0.4, 0.5) is 17.2 Å². The SMILES string of the molecule is Cc1cc(N)cnc1Nc1cccc(Cl)c1C. The summed E-state index contributed by atoms with van der Waals surface area (Å²) >= 11 is 6.06. The zero-order valence-electron chi connectivity index (χ0n) is 9.79. The molecule has 0 amide bonds. The summed E-state index contributed by atoms with van der Waals surface area (Å²) in [6.45, 7) is 3.93. The van der Waals surface area contributed by atoms with E-state index in [0.717, 1.165) is 27.7 Å². The first-order valence-corrected chi connectivity index (χ1v) is 5.70. The van der Waals surface area contributed by atoms with Crippen molar-refractivity contribution in [3.05, 3.63) is 46.6 Å². The van der Waals surface area contributed by atoms with Gasteiger partial charge in [-0.05, 0) is 43.2 Å². The van der Waals surface area contributed by atoms with Gasteiger partial charge in [-0.3, -0.25) is 0 Å². The van der Waals surface area contributed by atoms with E-state index in [9.17, 15) is 0 Å². The lowest BCUT2D eigenvalue weighted by Crippen LogP contribution is -1.99. The first-order chi connectivity index (χ1) is 8.08. The zero-order chi connectivity index (χ0) is 12.4. The molecule has 1 aromatic heterocycles. The number of aromatic nitrogens is 1. The number of aryl methyl sites for hydroxylation is 1. The Morgan fingerprint density at radius 3 is 2.76 bits per heavy atom. The minimum absolute atomic E-state index is 0.663. The summed E-state index contributed by atoms with van der Waals surface area (Å²) in [7, 11) is 0. The summed E-state index contributed by atoms with van der Waals surface area (Å²) in [5, 5.41) is 4.00. The molecule has 0 saturated heterocycles. The molecule has 0 fully saturated rings. The van der Waals surface area contributed by atoms with Crippen molar-refractivity contribution in [3.63, 3.8) is 0 Å². The molecule has 0 aliphatic rings. The van der Waals surface area contributed by atoms with Gasteiger partial charge in [-0.15, -0.1) is 0 Å².